The molecule has 0 aliphatic rings. The minimum absolute atomic E-state index is 0.0342. The lowest BCUT2D eigenvalue weighted by molar-refractivity contribution is -0.139. The highest BCUT2D eigenvalue weighted by Gasteiger charge is 2.25. The van der Waals surface area contributed by atoms with Gasteiger partial charge in [0.25, 0.3) is 21.8 Å². The van der Waals surface area contributed by atoms with Gasteiger partial charge in [-0.3, -0.25) is 24.0 Å². The molecule has 0 saturated carbocycles. The number of hydrogen-bond donors (Lipinski definition) is 6. The Morgan fingerprint density at radius 1 is 1.18 bits per heavy atom. The van der Waals surface area contributed by atoms with E-state index in [1.807, 2.05) is 0 Å². The number of aromatic nitrogens is 2. The highest BCUT2D eigenvalue weighted by atomic mass is 32.2. The Morgan fingerprint density at radius 2 is 1.95 bits per heavy atom. The fraction of sp³-hybridized carbons (Fsp3) is 0.227. The third-order valence-corrected chi connectivity index (χ3v) is 7.30. The molecule has 1 aromatic carbocycles. The van der Waals surface area contributed by atoms with Crippen LogP contribution < -0.4 is 26.8 Å². The number of aryl methyl sites for hydroxylation is 1. The number of nitrogens with one attached hydrogen (secondary N) is 3. The minimum Gasteiger partial charge on any atom is -0.480 e. The number of sulfonamides is 1. The largest absolute Gasteiger partial charge is 0.480 e. The third kappa shape index (κ3) is 7.53. The van der Waals surface area contributed by atoms with Gasteiger partial charge in [0.05, 0.1) is 10.6 Å². The van der Waals surface area contributed by atoms with Gasteiger partial charge in [-0.2, -0.15) is 5.10 Å². The number of aliphatic carboxylic acids is 1. The van der Waals surface area contributed by atoms with Crippen LogP contribution in [0.2, 0.25) is 0 Å². The smallest absolute Gasteiger partial charge is 0.326 e. The van der Waals surface area contributed by atoms with E-state index in [9.17, 15) is 27.9 Å². The van der Waals surface area contributed by atoms with Crippen LogP contribution in [0.3, 0.4) is 0 Å². The predicted molar refractivity (Wildman–Crippen MR) is 142 cm³/mol. The summed E-state index contributed by atoms with van der Waals surface area (Å²) in [6.07, 6.45) is 1.99. The Balaban J connectivity index is 1.71. The Kier molecular flexibility index (Phi) is 9.03. The number of benzene rings is 1. The van der Waals surface area contributed by atoms with E-state index in [-0.39, 0.29) is 39.9 Å². The summed E-state index contributed by atoms with van der Waals surface area (Å²) in [6.45, 7) is 0.185. The van der Waals surface area contributed by atoms with E-state index in [1.54, 1.807) is 19.3 Å². The molecular formula is C22H26N8O6S2. The third-order valence-electron chi connectivity index (χ3n) is 5.03. The Labute approximate surface area is 221 Å². The summed E-state index contributed by atoms with van der Waals surface area (Å²) in [5, 5.41) is 19.9. The number of nitrogens with two attached hydrogens (primary N) is 2. The molecule has 38 heavy (non-hydrogen) atoms. The van der Waals surface area contributed by atoms with Crippen LogP contribution in [0.1, 0.15) is 32.9 Å². The first-order chi connectivity index (χ1) is 18.0. The molecule has 0 bridgehead atoms. The number of carbonyl (C=O) groups is 3. The number of anilines is 2. The summed E-state index contributed by atoms with van der Waals surface area (Å²) in [5.74, 6) is -2.42. The highest BCUT2D eigenvalue weighted by molar-refractivity contribution is 7.92. The van der Waals surface area contributed by atoms with Gasteiger partial charge in [-0.25, -0.2) is 13.2 Å². The maximum Gasteiger partial charge on any atom is 0.326 e. The van der Waals surface area contributed by atoms with Gasteiger partial charge in [-0.05, 0) is 42.5 Å². The first kappa shape index (κ1) is 28.1. The van der Waals surface area contributed by atoms with Crippen molar-refractivity contribution in [3.05, 3.63) is 58.4 Å². The lowest BCUT2D eigenvalue weighted by atomic mass is 10.1. The summed E-state index contributed by atoms with van der Waals surface area (Å²) in [6, 6.07) is 7.05. The van der Waals surface area contributed by atoms with E-state index in [0.29, 0.717) is 12.2 Å². The van der Waals surface area contributed by atoms with Crippen molar-refractivity contribution >= 4 is 56.6 Å². The van der Waals surface area contributed by atoms with Crippen LogP contribution in [0.25, 0.3) is 0 Å². The second-order valence-electron chi connectivity index (χ2n) is 7.94. The van der Waals surface area contributed by atoms with Crippen LogP contribution in [0.5, 0.6) is 0 Å². The van der Waals surface area contributed by atoms with Gasteiger partial charge >= 0.3 is 5.97 Å². The van der Waals surface area contributed by atoms with Gasteiger partial charge in [0.1, 0.15) is 10.9 Å². The maximum absolute atomic E-state index is 13.1. The summed E-state index contributed by atoms with van der Waals surface area (Å²) >= 11 is 0.931. The van der Waals surface area contributed by atoms with Crippen molar-refractivity contribution in [2.24, 2.45) is 23.5 Å². The van der Waals surface area contributed by atoms with Gasteiger partial charge in [0.15, 0.2) is 11.8 Å². The zero-order valence-electron chi connectivity index (χ0n) is 20.1. The van der Waals surface area contributed by atoms with Gasteiger partial charge in [-0.15, -0.1) is 11.3 Å². The number of guanidine groups is 1. The van der Waals surface area contributed by atoms with Gasteiger partial charge in [0.2, 0.25) is 0 Å². The molecule has 0 fully saturated rings. The van der Waals surface area contributed by atoms with E-state index in [0.717, 1.165) is 11.3 Å². The number of nitrogens with zero attached hydrogens (tertiary/aromatic N) is 3. The number of thiophene rings is 1. The molecule has 14 nitrogen and oxygen atoms in total. The molecule has 8 N–H and O–H groups in total. The van der Waals surface area contributed by atoms with Crippen LogP contribution in [-0.2, 0) is 21.9 Å². The zero-order chi connectivity index (χ0) is 27.9. The average molecular weight is 563 g/mol. The van der Waals surface area contributed by atoms with Crippen molar-refractivity contribution in [1.29, 1.82) is 0 Å². The van der Waals surface area contributed by atoms with Gasteiger partial charge in [0, 0.05) is 31.4 Å². The molecule has 2 amide bonds. The monoisotopic (exact) mass is 562 g/mol. The minimum atomic E-state index is -4.21. The number of hydrogen-bond acceptors (Lipinski definition) is 8. The second kappa shape index (κ2) is 12.2. The van der Waals surface area contributed by atoms with Crippen LogP contribution in [0.4, 0.5) is 11.5 Å². The van der Waals surface area contributed by atoms with Crippen LogP contribution in [0, 0.1) is 0 Å². The summed E-state index contributed by atoms with van der Waals surface area (Å²) < 4.78 is 29.9. The summed E-state index contributed by atoms with van der Waals surface area (Å²) in [4.78, 5) is 40.5. The lowest BCUT2D eigenvalue weighted by Gasteiger charge is -2.15. The molecule has 0 radical (unpaired) electrons. The number of aliphatic imine (C=N–C) groups is 1. The van der Waals surface area contributed by atoms with Crippen molar-refractivity contribution in [2.45, 2.75) is 23.8 Å². The quantitative estimate of drug-likeness (QED) is 0.104. The first-order valence-electron chi connectivity index (χ1n) is 11.1. The highest BCUT2D eigenvalue weighted by Crippen LogP contribution is 2.26. The molecule has 16 heteroatoms. The molecule has 2 heterocycles. The Bertz CT molecular complexity index is 1460. The fourth-order valence-electron chi connectivity index (χ4n) is 3.23. The Morgan fingerprint density at radius 3 is 2.61 bits per heavy atom. The summed E-state index contributed by atoms with van der Waals surface area (Å²) in [5.41, 5.74) is 10.5. The normalized spacial score (nSPS) is 11.8. The molecule has 0 aliphatic heterocycles. The second-order valence-corrected chi connectivity index (χ2v) is 10.5. The molecule has 202 valence electrons. The van der Waals surface area contributed by atoms with Crippen LogP contribution in [-0.4, -0.2) is 59.6 Å². The van der Waals surface area contributed by atoms with Crippen molar-refractivity contribution in [2.75, 3.05) is 16.6 Å². The average Bonchev–Trinajstić information content (AvgIpc) is 3.48. The van der Waals surface area contributed by atoms with E-state index in [4.69, 9.17) is 11.5 Å². The van der Waals surface area contributed by atoms with Crippen molar-refractivity contribution in [3.8, 4) is 0 Å². The Hall–Kier alpha value is -4.44. The van der Waals surface area contributed by atoms with E-state index >= 15 is 0 Å². The first-order valence-corrected chi connectivity index (χ1v) is 13.4. The van der Waals surface area contributed by atoms with Crippen molar-refractivity contribution in [3.63, 3.8) is 0 Å². The number of carboxylic acid groups (broad SMARTS) is 1. The number of carbonyl (C=O) groups excluding carboxylic acids is 2. The molecule has 0 spiro atoms. The number of amides is 2. The maximum atomic E-state index is 13.1. The topological polar surface area (TPSA) is 224 Å². The van der Waals surface area contributed by atoms with Crippen LogP contribution >= 0.6 is 11.3 Å². The molecule has 2 aromatic heterocycles. The lowest BCUT2D eigenvalue weighted by Crippen LogP contribution is -2.40. The van der Waals surface area contributed by atoms with Crippen molar-refractivity contribution < 1.29 is 27.9 Å². The molecule has 0 saturated heterocycles. The summed E-state index contributed by atoms with van der Waals surface area (Å²) in [7, 11) is -2.53. The fourth-order valence-corrected chi connectivity index (χ4v) is 5.16. The molecule has 1 atom stereocenters. The molecule has 0 aliphatic carbocycles. The van der Waals surface area contributed by atoms with Crippen LogP contribution in [0.15, 0.2) is 57.9 Å². The SMILES string of the molecule is Cn1ccc(NC(=O)c2cccc(S(=O)(=O)Nc3ccsc3C(=O)N[C@@H](CCCN=C(N)N)C(=O)O)c2)n1. The van der Waals surface area contributed by atoms with E-state index in [1.165, 1.54) is 40.4 Å². The number of rotatable bonds is 12. The molecule has 0 unspecified atom stereocenters. The van der Waals surface area contributed by atoms with E-state index < -0.39 is 33.8 Å². The van der Waals surface area contributed by atoms with Crippen molar-refractivity contribution in [1.82, 2.24) is 15.1 Å². The zero-order valence-corrected chi connectivity index (χ0v) is 21.8. The molecule has 3 rings (SSSR count). The van der Waals surface area contributed by atoms with E-state index in [2.05, 4.69) is 25.4 Å². The van der Waals surface area contributed by atoms with Gasteiger partial charge < -0.3 is 27.2 Å². The molecular weight excluding hydrogens is 536 g/mol. The van der Waals surface area contributed by atoms with Gasteiger partial charge in [-0.1, -0.05) is 6.07 Å². The molecule has 3 aromatic rings. The standard InChI is InChI=1S/C22H26N8O6S2/c1-30-10-7-17(28-30)27-19(31)13-4-2-5-14(12-13)38(35,36)29-15-8-11-37-18(15)20(32)26-16(21(33)34)6-3-9-25-22(23)24/h2,4-5,7-8,10-12,16,29H,3,6,9H2,1H3,(H,26,32)(H,33,34)(H4,23,24,25)(H,27,28,31)/t16-/m0/s1. The number of carboxylic acids is 1. The predicted octanol–water partition coefficient (Wildman–Crippen LogP) is 0.771.